The minimum absolute atomic E-state index is 0.0371. The molecule has 10 nitrogen and oxygen atoms in total. The lowest BCUT2D eigenvalue weighted by Gasteiger charge is -2.31. The van der Waals surface area contributed by atoms with Gasteiger partial charge in [-0.3, -0.25) is 9.48 Å². The van der Waals surface area contributed by atoms with Crippen LogP contribution in [0, 0.1) is 0 Å². The van der Waals surface area contributed by atoms with Crippen molar-refractivity contribution in [3.8, 4) is 11.4 Å². The molecule has 1 aliphatic rings. The van der Waals surface area contributed by atoms with E-state index in [4.69, 9.17) is 5.11 Å². The van der Waals surface area contributed by atoms with Crippen molar-refractivity contribution in [2.75, 3.05) is 13.1 Å². The predicted octanol–water partition coefficient (Wildman–Crippen LogP) is 1.10. The predicted molar refractivity (Wildman–Crippen MR) is 97.3 cm³/mol. The summed E-state index contributed by atoms with van der Waals surface area (Å²) >= 11 is 0. The Bertz CT molecular complexity index is 974. The summed E-state index contributed by atoms with van der Waals surface area (Å²) in [7, 11) is 0. The first kappa shape index (κ1) is 17.8. The third-order valence-corrected chi connectivity index (χ3v) is 4.80. The molecule has 0 unspecified atom stereocenters. The van der Waals surface area contributed by atoms with Crippen LogP contribution in [0.4, 0.5) is 0 Å². The number of carboxylic acids is 1. The molecule has 10 heteroatoms. The molecule has 1 N–H and O–H groups in total. The van der Waals surface area contributed by atoms with Gasteiger partial charge in [0.05, 0.1) is 17.8 Å². The second-order valence-corrected chi connectivity index (χ2v) is 6.64. The normalized spacial score (nSPS) is 14.9. The van der Waals surface area contributed by atoms with Gasteiger partial charge in [-0.2, -0.15) is 9.90 Å². The van der Waals surface area contributed by atoms with Crippen molar-refractivity contribution in [2.45, 2.75) is 25.4 Å². The smallest absolute Gasteiger partial charge is 0.338 e. The summed E-state index contributed by atoms with van der Waals surface area (Å²) in [5.41, 5.74) is 1.02. The van der Waals surface area contributed by atoms with Crippen LogP contribution in [0.5, 0.6) is 0 Å². The third-order valence-electron chi connectivity index (χ3n) is 4.80. The minimum atomic E-state index is -0.992. The number of aromatic nitrogens is 6. The van der Waals surface area contributed by atoms with Crippen LogP contribution < -0.4 is 0 Å². The van der Waals surface area contributed by atoms with Gasteiger partial charge in [-0.05, 0) is 18.1 Å². The fraction of sp³-hybridized carbons (Fsp3) is 0.333. The second kappa shape index (κ2) is 7.59. The van der Waals surface area contributed by atoms with Crippen LogP contribution in [-0.4, -0.2) is 65.0 Å². The van der Waals surface area contributed by atoms with E-state index in [2.05, 4.69) is 20.5 Å². The zero-order valence-electron chi connectivity index (χ0n) is 15.0. The summed E-state index contributed by atoms with van der Waals surface area (Å²) in [6, 6.07) is 9.56. The molecule has 0 aliphatic carbocycles. The molecule has 4 rings (SSSR count). The second-order valence-electron chi connectivity index (χ2n) is 6.64. The number of rotatable bonds is 5. The largest absolute Gasteiger partial charge is 0.478 e. The first-order valence-electron chi connectivity index (χ1n) is 8.98. The Morgan fingerprint density at radius 3 is 2.57 bits per heavy atom. The minimum Gasteiger partial charge on any atom is -0.478 e. The zero-order chi connectivity index (χ0) is 19.5. The van der Waals surface area contributed by atoms with Gasteiger partial charge >= 0.3 is 5.97 Å². The monoisotopic (exact) mass is 381 g/mol. The summed E-state index contributed by atoms with van der Waals surface area (Å²) in [6.45, 7) is 1.19. The standard InChI is InChI=1S/C18H19N7O3/c26-16(12-25-21-17(20-22-25)13-4-2-1-3-5-13)23-8-6-15(7-9-23)24-11-14(10-19-24)18(27)28/h1-5,10-11,15H,6-9,12H2,(H,27,28). The topological polar surface area (TPSA) is 119 Å². The maximum atomic E-state index is 12.5. The van der Waals surface area contributed by atoms with E-state index in [1.807, 2.05) is 30.3 Å². The molecule has 0 spiro atoms. The molecule has 0 saturated carbocycles. The van der Waals surface area contributed by atoms with Crippen molar-refractivity contribution in [3.05, 3.63) is 48.3 Å². The van der Waals surface area contributed by atoms with Gasteiger partial charge in [0.1, 0.15) is 6.54 Å². The molecule has 3 aromatic rings. The number of tetrazole rings is 1. The van der Waals surface area contributed by atoms with E-state index in [0.717, 1.165) is 5.56 Å². The molecule has 28 heavy (non-hydrogen) atoms. The molecule has 1 aromatic carbocycles. The van der Waals surface area contributed by atoms with Gasteiger partial charge < -0.3 is 10.0 Å². The Balaban J connectivity index is 1.33. The third kappa shape index (κ3) is 3.75. The van der Waals surface area contributed by atoms with Gasteiger partial charge in [0.15, 0.2) is 0 Å². The van der Waals surface area contributed by atoms with Gasteiger partial charge in [-0.1, -0.05) is 30.3 Å². The van der Waals surface area contributed by atoms with E-state index in [-0.39, 0.29) is 24.1 Å². The van der Waals surface area contributed by atoms with Gasteiger partial charge in [0, 0.05) is 24.8 Å². The highest BCUT2D eigenvalue weighted by Crippen LogP contribution is 2.22. The van der Waals surface area contributed by atoms with Crippen molar-refractivity contribution in [1.29, 1.82) is 0 Å². The number of hydrogen-bond acceptors (Lipinski definition) is 6. The average Bonchev–Trinajstić information content (AvgIpc) is 3.39. The summed E-state index contributed by atoms with van der Waals surface area (Å²) < 4.78 is 1.68. The van der Waals surface area contributed by atoms with E-state index >= 15 is 0 Å². The van der Waals surface area contributed by atoms with Crippen LogP contribution in [0.3, 0.4) is 0 Å². The fourth-order valence-electron chi connectivity index (χ4n) is 3.26. The van der Waals surface area contributed by atoms with E-state index in [9.17, 15) is 9.59 Å². The fourth-order valence-corrected chi connectivity index (χ4v) is 3.26. The maximum Gasteiger partial charge on any atom is 0.338 e. The number of likely N-dealkylation sites (tertiary alicyclic amines) is 1. The Labute approximate surface area is 160 Å². The number of amides is 1. The van der Waals surface area contributed by atoms with E-state index < -0.39 is 5.97 Å². The number of piperidine rings is 1. The Morgan fingerprint density at radius 2 is 1.89 bits per heavy atom. The van der Waals surface area contributed by atoms with E-state index in [1.54, 1.807) is 9.58 Å². The molecule has 2 aromatic heterocycles. The molecular weight excluding hydrogens is 362 g/mol. The maximum absolute atomic E-state index is 12.5. The first-order chi connectivity index (χ1) is 13.6. The number of benzene rings is 1. The zero-order valence-corrected chi connectivity index (χ0v) is 15.0. The van der Waals surface area contributed by atoms with Crippen molar-refractivity contribution in [2.24, 2.45) is 0 Å². The van der Waals surface area contributed by atoms with Crippen LogP contribution in [-0.2, 0) is 11.3 Å². The number of aromatic carboxylic acids is 1. The molecule has 0 bridgehead atoms. The lowest BCUT2D eigenvalue weighted by Crippen LogP contribution is -2.41. The Kier molecular flexibility index (Phi) is 4.83. The highest BCUT2D eigenvalue weighted by molar-refractivity contribution is 5.86. The van der Waals surface area contributed by atoms with Gasteiger partial charge in [-0.25, -0.2) is 4.79 Å². The van der Waals surface area contributed by atoms with Crippen LogP contribution in [0.2, 0.25) is 0 Å². The summed E-state index contributed by atoms with van der Waals surface area (Å²) in [4.78, 5) is 26.6. The van der Waals surface area contributed by atoms with Crippen LogP contribution in [0.1, 0.15) is 29.2 Å². The molecule has 1 amide bonds. The van der Waals surface area contributed by atoms with Crippen molar-refractivity contribution < 1.29 is 14.7 Å². The molecule has 3 heterocycles. The van der Waals surface area contributed by atoms with Gasteiger partial charge in [0.2, 0.25) is 11.7 Å². The highest BCUT2D eigenvalue weighted by Gasteiger charge is 2.25. The number of nitrogens with zero attached hydrogens (tertiary/aromatic N) is 7. The lowest BCUT2D eigenvalue weighted by molar-refractivity contribution is -0.133. The first-order valence-corrected chi connectivity index (χ1v) is 8.98. The summed E-state index contributed by atoms with van der Waals surface area (Å²) in [5.74, 6) is -0.573. The number of hydrogen-bond donors (Lipinski definition) is 1. The van der Waals surface area contributed by atoms with Crippen LogP contribution in [0.15, 0.2) is 42.7 Å². The lowest BCUT2D eigenvalue weighted by atomic mass is 10.1. The van der Waals surface area contributed by atoms with Crippen molar-refractivity contribution >= 4 is 11.9 Å². The molecule has 0 radical (unpaired) electrons. The SMILES string of the molecule is O=C(O)c1cnn(C2CCN(C(=O)Cn3nnc(-c4ccccc4)n3)CC2)c1. The van der Waals surface area contributed by atoms with Gasteiger partial charge in [-0.15, -0.1) is 10.2 Å². The van der Waals surface area contributed by atoms with Crippen LogP contribution >= 0.6 is 0 Å². The summed E-state index contributed by atoms with van der Waals surface area (Å²) in [5, 5.41) is 25.4. The molecule has 1 aliphatic heterocycles. The van der Waals surface area contributed by atoms with Crippen molar-refractivity contribution in [3.63, 3.8) is 0 Å². The number of carbonyl (C=O) groups is 2. The Hall–Kier alpha value is -3.56. The van der Waals surface area contributed by atoms with Gasteiger partial charge in [0.25, 0.3) is 0 Å². The number of carboxylic acid groups (broad SMARTS) is 1. The average molecular weight is 381 g/mol. The molecule has 0 atom stereocenters. The number of carbonyl (C=O) groups excluding carboxylic acids is 1. The summed E-state index contributed by atoms with van der Waals surface area (Å²) in [6.07, 6.45) is 4.31. The van der Waals surface area contributed by atoms with Crippen LogP contribution in [0.25, 0.3) is 11.4 Å². The van der Waals surface area contributed by atoms with E-state index in [1.165, 1.54) is 17.2 Å². The molecule has 1 saturated heterocycles. The van der Waals surface area contributed by atoms with Crippen molar-refractivity contribution in [1.82, 2.24) is 34.9 Å². The quantitative estimate of drug-likeness (QED) is 0.703. The van der Waals surface area contributed by atoms with E-state index in [0.29, 0.717) is 31.8 Å². The molecular formula is C18H19N7O3. The Morgan fingerprint density at radius 1 is 1.14 bits per heavy atom. The molecule has 144 valence electrons. The highest BCUT2D eigenvalue weighted by atomic mass is 16.4. The molecule has 1 fully saturated rings.